The molecule has 1 aliphatic carbocycles. The fraction of sp³-hybridized carbons (Fsp3) is 0.524. The molecular weight excluding hydrogens is 386 g/mol. The Morgan fingerprint density at radius 2 is 1.74 bits per heavy atom. The van der Waals surface area contributed by atoms with Crippen LogP contribution in [0.4, 0.5) is 14.5 Å². The highest BCUT2D eigenvalue weighted by Crippen LogP contribution is 2.45. The monoisotopic (exact) mass is 412 g/mol. The lowest BCUT2D eigenvalue weighted by molar-refractivity contribution is 0.250. The number of thioether (sulfide) groups is 1. The molecule has 1 aromatic carbocycles. The van der Waals surface area contributed by atoms with E-state index in [-0.39, 0.29) is 11.9 Å². The van der Waals surface area contributed by atoms with Crippen LogP contribution in [0.15, 0.2) is 41.7 Å². The van der Waals surface area contributed by atoms with Crippen LogP contribution in [0.3, 0.4) is 0 Å². The molecule has 1 atom stereocenters. The van der Waals surface area contributed by atoms with Crippen LogP contribution in [0.25, 0.3) is 0 Å². The summed E-state index contributed by atoms with van der Waals surface area (Å²) in [6.07, 6.45) is 8.39. The lowest BCUT2D eigenvalue weighted by Gasteiger charge is -2.30. The zero-order chi connectivity index (χ0) is 19.6. The number of piperidine rings is 1. The van der Waals surface area contributed by atoms with E-state index in [4.69, 9.17) is 11.6 Å². The van der Waals surface area contributed by atoms with Crippen molar-refractivity contribution in [1.29, 1.82) is 0 Å². The second-order valence-electron chi connectivity index (χ2n) is 7.21. The standard InChI is InChI=1S/C20H24ClFN2S.CH3F/c1-13-18-9-5-6-10-23(18)14(2)24(13)19-12-20(16(21)11-17(19)22)25-15-7-3-4-8-15;1-2/h11-12,15,18H,1-10H2;1H3. The Hall–Kier alpha value is -1.20. The Morgan fingerprint density at radius 3 is 2.41 bits per heavy atom. The van der Waals surface area contributed by atoms with Crippen LogP contribution in [0.2, 0.25) is 5.02 Å². The third-order valence-corrected chi connectivity index (χ3v) is 7.42. The normalized spacial score (nSPS) is 22.7. The number of nitrogens with zero attached hydrogens (tertiary/aromatic N) is 2. The lowest BCUT2D eigenvalue weighted by Crippen LogP contribution is -2.33. The van der Waals surface area contributed by atoms with Gasteiger partial charge in [-0.3, -0.25) is 9.29 Å². The van der Waals surface area contributed by atoms with E-state index in [1.807, 2.05) is 11.0 Å². The van der Waals surface area contributed by atoms with Crippen LogP contribution < -0.4 is 4.90 Å². The highest BCUT2D eigenvalue weighted by Gasteiger charge is 2.39. The number of hydrogen-bond donors (Lipinski definition) is 0. The van der Waals surface area contributed by atoms with Crippen molar-refractivity contribution >= 4 is 29.1 Å². The predicted molar refractivity (Wildman–Crippen MR) is 112 cm³/mol. The summed E-state index contributed by atoms with van der Waals surface area (Å²) in [6, 6.07) is 3.60. The van der Waals surface area contributed by atoms with E-state index in [0.29, 0.717) is 23.1 Å². The van der Waals surface area contributed by atoms with E-state index < -0.39 is 0 Å². The van der Waals surface area contributed by atoms with Crippen molar-refractivity contribution in [2.24, 2.45) is 0 Å². The van der Waals surface area contributed by atoms with Crippen molar-refractivity contribution < 1.29 is 8.78 Å². The van der Waals surface area contributed by atoms with Gasteiger partial charge in [0.25, 0.3) is 0 Å². The zero-order valence-corrected chi connectivity index (χ0v) is 17.4. The van der Waals surface area contributed by atoms with Gasteiger partial charge in [0.2, 0.25) is 0 Å². The van der Waals surface area contributed by atoms with Crippen LogP contribution in [-0.4, -0.2) is 29.9 Å². The number of benzene rings is 1. The van der Waals surface area contributed by atoms with Crippen LogP contribution in [0, 0.1) is 5.82 Å². The van der Waals surface area contributed by atoms with Gasteiger partial charge in [0.05, 0.1) is 23.9 Å². The van der Waals surface area contributed by atoms with Crippen molar-refractivity contribution in [3.05, 3.63) is 47.6 Å². The average Bonchev–Trinajstić information content (AvgIpc) is 3.27. The molecule has 2 nitrogen and oxygen atoms in total. The highest BCUT2D eigenvalue weighted by molar-refractivity contribution is 8.00. The quantitative estimate of drug-likeness (QED) is 0.541. The molecule has 0 N–H and O–H groups in total. The average molecular weight is 413 g/mol. The molecule has 0 amide bonds. The first-order valence-corrected chi connectivity index (χ1v) is 10.8. The number of alkyl halides is 1. The number of anilines is 1. The molecule has 3 aliphatic rings. The Labute approximate surface area is 170 Å². The second-order valence-corrected chi connectivity index (χ2v) is 8.96. The van der Waals surface area contributed by atoms with Gasteiger partial charge >= 0.3 is 0 Å². The minimum absolute atomic E-state index is 0.252. The molecule has 148 valence electrons. The molecule has 0 radical (unpaired) electrons. The first kappa shape index (κ1) is 20.5. The molecule has 1 saturated carbocycles. The van der Waals surface area contributed by atoms with Gasteiger partial charge in [-0.1, -0.05) is 37.6 Å². The maximum atomic E-state index is 14.8. The van der Waals surface area contributed by atoms with Crippen LogP contribution in [-0.2, 0) is 0 Å². The Bertz CT molecular complexity index is 694. The fourth-order valence-corrected chi connectivity index (χ4v) is 5.85. The third kappa shape index (κ3) is 4.00. The highest BCUT2D eigenvalue weighted by atomic mass is 35.5. The summed E-state index contributed by atoms with van der Waals surface area (Å²) in [5.41, 5.74) is 1.47. The van der Waals surface area contributed by atoms with Crippen molar-refractivity contribution in [3.8, 4) is 0 Å². The van der Waals surface area contributed by atoms with Gasteiger partial charge in [0.1, 0.15) is 11.6 Å². The SMILES string of the molecule is C=C1C2CCCCN2C(=C)N1c1cc(SC2CCCC2)c(Cl)cc1F.CF. The summed E-state index contributed by atoms with van der Waals surface area (Å²) in [4.78, 5) is 5.14. The Kier molecular flexibility index (Phi) is 6.74. The minimum atomic E-state index is -0.303. The summed E-state index contributed by atoms with van der Waals surface area (Å²) in [5, 5.41) is 1.10. The zero-order valence-electron chi connectivity index (χ0n) is 15.8. The van der Waals surface area contributed by atoms with Crippen molar-refractivity contribution in [2.75, 3.05) is 18.6 Å². The number of rotatable bonds is 3. The molecule has 2 aliphatic heterocycles. The minimum Gasteiger partial charge on any atom is -0.350 e. The summed E-state index contributed by atoms with van der Waals surface area (Å²) in [6.45, 7) is 9.46. The number of halogens is 3. The maximum Gasteiger partial charge on any atom is 0.148 e. The van der Waals surface area contributed by atoms with Crippen molar-refractivity contribution in [3.63, 3.8) is 0 Å². The fourth-order valence-electron chi connectivity index (χ4n) is 4.29. The molecule has 27 heavy (non-hydrogen) atoms. The number of hydrogen-bond acceptors (Lipinski definition) is 3. The van der Waals surface area contributed by atoms with E-state index in [2.05, 4.69) is 18.1 Å². The first-order chi connectivity index (χ1) is 13.1. The van der Waals surface area contributed by atoms with Gasteiger partial charge in [-0.15, -0.1) is 11.8 Å². The molecular formula is C21H27ClF2N2S. The maximum absolute atomic E-state index is 14.8. The largest absolute Gasteiger partial charge is 0.350 e. The van der Waals surface area contributed by atoms with E-state index >= 15 is 0 Å². The van der Waals surface area contributed by atoms with Gasteiger partial charge in [-0.25, -0.2) is 4.39 Å². The van der Waals surface area contributed by atoms with E-state index in [1.165, 1.54) is 38.2 Å². The van der Waals surface area contributed by atoms with Crippen LogP contribution >= 0.6 is 23.4 Å². The summed E-state index contributed by atoms with van der Waals surface area (Å²) in [7, 11) is 0.500. The van der Waals surface area contributed by atoms with E-state index in [9.17, 15) is 8.78 Å². The smallest absolute Gasteiger partial charge is 0.148 e. The summed E-state index contributed by atoms with van der Waals surface area (Å²) >= 11 is 8.14. The van der Waals surface area contributed by atoms with Crippen LogP contribution in [0.5, 0.6) is 0 Å². The molecule has 0 spiro atoms. The van der Waals surface area contributed by atoms with E-state index in [0.717, 1.165) is 35.8 Å². The Balaban J connectivity index is 0.00000102. The molecule has 0 aromatic heterocycles. The van der Waals surface area contributed by atoms with Gasteiger partial charge in [0, 0.05) is 22.4 Å². The van der Waals surface area contributed by atoms with Crippen molar-refractivity contribution in [1.82, 2.24) is 4.90 Å². The molecule has 0 bridgehead atoms. The predicted octanol–water partition coefficient (Wildman–Crippen LogP) is 6.76. The summed E-state index contributed by atoms with van der Waals surface area (Å²) < 4.78 is 24.3. The molecule has 6 heteroatoms. The molecule has 2 heterocycles. The molecule has 4 rings (SSSR count). The van der Waals surface area contributed by atoms with Gasteiger partial charge in [-0.2, -0.15) is 0 Å². The van der Waals surface area contributed by atoms with Gasteiger partial charge in [0.15, 0.2) is 0 Å². The van der Waals surface area contributed by atoms with Gasteiger partial charge < -0.3 is 4.90 Å². The van der Waals surface area contributed by atoms with Crippen molar-refractivity contribution in [2.45, 2.75) is 61.1 Å². The summed E-state index contributed by atoms with van der Waals surface area (Å²) in [5.74, 6) is 0.538. The number of fused-ring (bicyclic) bond motifs is 1. The Morgan fingerprint density at radius 1 is 1.07 bits per heavy atom. The van der Waals surface area contributed by atoms with Crippen LogP contribution in [0.1, 0.15) is 44.9 Å². The van der Waals surface area contributed by atoms with Gasteiger partial charge in [-0.05, 0) is 44.2 Å². The lowest BCUT2D eigenvalue weighted by atomic mass is 10.0. The molecule has 3 fully saturated rings. The first-order valence-electron chi connectivity index (χ1n) is 9.54. The molecule has 1 unspecified atom stereocenters. The second kappa shape index (κ2) is 8.87. The molecule has 1 aromatic rings. The third-order valence-electron chi connectivity index (χ3n) is 5.60. The molecule has 2 saturated heterocycles. The topological polar surface area (TPSA) is 6.48 Å². The van der Waals surface area contributed by atoms with E-state index in [1.54, 1.807) is 11.8 Å².